The van der Waals surface area contributed by atoms with Crippen LogP contribution in [-0.2, 0) is 6.42 Å². The molecule has 0 bridgehead atoms. The van der Waals surface area contributed by atoms with Crippen LogP contribution in [0.2, 0.25) is 0 Å². The Labute approximate surface area is 118 Å². The van der Waals surface area contributed by atoms with Gasteiger partial charge in [0.1, 0.15) is 5.75 Å². The van der Waals surface area contributed by atoms with Crippen LogP contribution in [0.5, 0.6) is 5.75 Å². The second kappa shape index (κ2) is 5.66. The average molecular weight is 263 g/mol. The molecule has 0 spiro atoms. The maximum absolute atomic E-state index is 5.92. The topological polar surface area (TPSA) is 35.2 Å². The largest absolute Gasteiger partial charge is 0.493 e. The third kappa shape index (κ3) is 2.75. The normalized spacial score (nSPS) is 10.6. The number of para-hydroxylation sites is 1. The van der Waals surface area contributed by atoms with Gasteiger partial charge in [-0.3, -0.25) is 0 Å². The summed E-state index contributed by atoms with van der Waals surface area (Å²) in [6.45, 7) is 0.632. The van der Waals surface area contributed by atoms with Gasteiger partial charge in [0.25, 0.3) is 0 Å². The molecular formula is C18H17NO. The molecule has 0 unspecified atom stereocenters. The predicted octanol–water partition coefficient (Wildman–Crippen LogP) is 4.04. The lowest BCUT2D eigenvalue weighted by molar-refractivity contribution is 0.322. The van der Waals surface area contributed by atoms with Crippen molar-refractivity contribution in [2.75, 3.05) is 12.3 Å². The molecule has 0 radical (unpaired) electrons. The molecule has 0 saturated carbocycles. The Morgan fingerprint density at radius 2 is 1.55 bits per heavy atom. The van der Waals surface area contributed by atoms with Gasteiger partial charge >= 0.3 is 0 Å². The predicted molar refractivity (Wildman–Crippen MR) is 84.0 cm³/mol. The lowest BCUT2D eigenvalue weighted by Crippen LogP contribution is -2.03. The molecule has 0 saturated heterocycles. The number of nitrogen functional groups attached to an aromatic ring is 1. The Morgan fingerprint density at radius 3 is 2.40 bits per heavy atom. The first kappa shape index (κ1) is 12.5. The third-order valence-electron chi connectivity index (χ3n) is 3.42. The summed E-state index contributed by atoms with van der Waals surface area (Å²) < 4.78 is 5.82. The molecular weight excluding hydrogens is 246 g/mol. The molecule has 0 aliphatic carbocycles. The zero-order valence-corrected chi connectivity index (χ0v) is 11.3. The summed E-state index contributed by atoms with van der Waals surface area (Å²) in [5.41, 5.74) is 7.88. The van der Waals surface area contributed by atoms with Gasteiger partial charge in [-0.2, -0.15) is 0 Å². The van der Waals surface area contributed by atoms with Gasteiger partial charge in [-0.1, -0.05) is 48.5 Å². The van der Waals surface area contributed by atoms with Crippen LogP contribution < -0.4 is 10.5 Å². The lowest BCUT2D eigenvalue weighted by Gasteiger charge is -2.09. The van der Waals surface area contributed by atoms with Crippen molar-refractivity contribution in [2.24, 2.45) is 0 Å². The van der Waals surface area contributed by atoms with Gasteiger partial charge in [-0.25, -0.2) is 0 Å². The van der Waals surface area contributed by atoms with Crippen LogP contribution in [0.25, 0.3) is 10.8 Å². The quantitative estimate of drug-likeness (QED) is 0.721. The average Bonchev–Trinajstić information content (AvgIpc) is 2.49. The summed E-state index contributed by atoms with van der Waals surface area (Å²) in [6.07, 6.45) is 0.819. The highest BCUT2D eigenvalue weighted by Gasteiger charge is 2.00. The van der Waals surface area contributed by atoms with E-state index in [-0.39, 0.29) is 0 Å². The molecule has 0 heterocycles. The number of rotatable bonds is 4. The summed E-state index contributed by atoms with van der Waals surface area (Å²) in [7, 11) is 0. The van der Waals surface area contributed by atoms with Gasteiger partial charge in [-0.15, -0.1) is 0 Å². The van der Waals surface area contributed by atoms with Crippen LogP contribution in [-0.4, -0.2) is 6.61 Å². The van der Waals surface area contributed by atoms with Crippen molar-refractivity contribution in [3.63, 3.8) is 0 Å². The monoisotopic (exact) mass is 263 g/mol. The Hall–Kier alpha value is -2.48. The number of fused-ring (bicyclic) bond motifs is 1. The third-order valence-corrected chi connectivity index (χ3v) is 3.42. The molecule has 2 heteroatoms. The molecule has 0 aromatic heterocycles. The van der Waals surface area contributed by atoms with Crippen LogP contribution >= 0.6 is 0 Å². The van der Waals surface area contributed by atoms with Gasteiger partial charge in [0, 0.05) is 12.1 Å². The number of hydrogen-bond donors (Lipinski definition) is 1. The fraction of sp³-hybridized carbons (Fsp3) is 0.111. The first-order valence-corrected chi connectivity index (χ1v) is 6.78. The highest BCUT2D eigenvalue weighted by molar-refractivity contribution is 5.83. The molecule has 2 nitrogen and oxygen atoms in total. The van der Waals surface area contributed by atoms with Crippen LogP contribution in [0.4, 0.5) is 5.69 Å². The molecule has 3 rings (SSSR count). The summed E-state index contributed by atoms with van der Waals surface area (Å²) in [5, 5.41) is 2.43. The molecule has 20 heavy (non-hydrogen) atoms. The SMILES string of the molecule is Nc1ccccc1CCOc1ccc2ccccc2c1. The second-order valence-electron chi connectivity index (χ2n) is 4.81. The van der Waals surface area contributed by atoms with Crippen LogP contribution in [0.15, 0.2) is 66.7 Å². The van der Waals surface area contributed by atoms with E-state index in [1.165, 1.54) is 10.8 Å². The first-order chi connectivity index (χ1) is 9.83. The van der Waals surface area contributed by atoms with Crippen LogP contribution in [0, 0.1) is 0 Å². The standard InChI is InChI=1S/C18H17NO/c19-18-8-4-3-6-15(18)11-12-20-17-10-9-14-5-1-2-7-16(14)13-17/h1-10,13H,11-12,19H2. The van der Waals surface area contributed by atoms with E-state index in [4.69, 9.17) is 10.5 Å². The smallest absolute Gasteiger partial charge is 0.119 e. The Morgan fingerprint density at radius 1 is 0.800 bits per heavy atom. The molecule has 3 aromatic carbocycles. The van der Waals surface area contributed by atoms with E-state index in [0.29, 0.717) is 6.61 Å². The van der Waals surface area contributed by atoms with Crippen molar-refractivity contribution < 1.29 is 4.74 Å². The van der Waals surface area contributed by atoms with Gasteiger partial charge in [0.15, 0.2) is 0 Å². The Balaban J connectivity index is 1.67. The van der Waals surface area contributed by atoms with Crippen molar-refractivity contribution in [1.82, 2.24) is 0 Å². The molecule has 0 atom stereocenters. The van der Waals surface area contributed by atoms with Gasteiger partial charge in [0.2, 0.25) is 0 Å². The van der Waals surface area contributed by atoms with Crippen LogP contribution in [0.3, 0.4) is 0 Å². The Bertz CT molecular complexity index is 721. The zero-order valence-electron chi connectivity index (χ0n) is 11.3. The summed E-state index contributed by atoms with van der Waals surface area (Å²) in [6, 6.07) is 22.4. The molecule has 0 amide bonds. The fourth-order valence-corrected chi connectivity index (χ4v) is 2.30. The van der Waals surface area contributed by atoms with E-state index >= 15 is 0 Å². The minimum Gasteiger partial charge on any atom is -0.493 e. The minimum atomic E-state index is 0.632. The van der Waals surface area contributed by atoms with Gasteiger partial charge in [0.05, 0.1) is 6.61 Å². The van der Waals surface area contributed by atoms with E-state index in [0.717, 1.165) is 23.4 Å². The van der Waals surface area contributed by atoms with Crippen molar-refractivity contribution in [2.45, 2.75) is 6.42 Å². The molecule has 3 aromatic rings. The number of nitrogens with two attached hydrogens (primary N) is 1. The van der Waals surface area contributed by atoms with Crippen molar-refractivity contribution in [1.29, 1.82) is 0 Å². The molecule has 2 N–H and O–H groups in total. The highest BCUT2D eigenvalue weighted by Crippen LogP contribution is 2.21. The second-order valence-corrected chi connectivity index (χ2v) is 4.81. The summed E-state index contributed by atoms with van der Waals surface area (Å²) >= 11 is 0. The first-order valence-electron chi connectivity index (χ1n) is 6.78. The summed E-state index contributed by atoms with van der Waals surface area (Å²) in [5.74, 6) is 0.901. The summed E-state index contributed by atoms with van der Waals surface area (Å²) in [4.78, 5) is 0. The van der Waals surface area contributed by atoms with E-state index in [1.54, 1.807) is 0 Å². The Kier molecular flexibility index (Phi) is 3.55. The van der Waals surface area contributed by atoms with Crippen molar-refractivity contribution in [3.8, 4) is 5.75 Å². The molecule has 0 fully saturated rings. The van der Waals surface area contributed by atoms with Crippen LogP contribution in [0.1, 0.15) is 5.56 Å². The zero-order chi connectivity index (χ0) is 13.8. The van der Waals surface area contributed by atoms with E-state index < -0.39 is 0 Å². The van der Waals surface area contributed by atoms with Gasteiger partial charge < -0.3 is 10.5 Å². The molecule has 100 valence electrons. The van der Waals surface area contributed by atoms with Crippen molar-refractivity contribution >= 4 is 16.5 Å². The van der Waals surface area contributed by atoms with E-state index in [2.05, 4.69) is 24.3 Å². The van der Waals surface area contributed by atoms with E-state index in [1.807, 2.05) is 42.5 Å². The minimum absolute atomic E-state index is 0.632. The fourth-order valence-electron chi connectivity index (χ4n) is 2.30. The van der Waals surface area contributed by atoms with E-state index in [9.17, 15) is 0 Å². The maximum atomic E-state index is 5.92. The van der Waals surface area contributed by atoms with Gasteiger partial charge in [-0.05, 0) is 34.5 Å². The molecule has 0 aliphatic heterocycles. The number of benzene rings is 3. The number of hydrogen-bond acceptors (Lipinski definition) is 2. The lowest BCUT2D eigenvalue weighted by atomic mass is 10.1. The molecule has 0 aliphatic rings. The number of ether oxygens (including phenoxy) is 1. The number of anilines is 1. The highest BCUT2D eigenvalue weighted by atomic mass is 16.5. The van der Waals surface area contributed by atoms with Crippen molar-refractivity contribution in [3.05, 3.63) is 72.3 Å². The maximum Gasteiger partial charge on any atom is 0.119 e.